The number of carbonyl (C=O) groups is 1. The van der Waals surface area contributed by atoms with E-state index in [0.717, 1.165) is 10.2 Å². The van der Waals surface area contributed by atoms with Crippen LogP contribution in [0.25, 0.3) is 16.9 Å². The first-order valence-electron chi connectivity index (χ1n) is 7.80. The summed E-state index contributed by atoms with van der Waals surface area (Å²) >= 11 is 3.50. The van der Waals surface area contributed by atoms with Crippen LogP contribution in [0.2, 0.25) is 0 Å². The predicted octanol–water partition coefficient (Wildman–Crippen LogP) is 4.93. The van der Waals surface area contributed by atoms with Gasteiger partial charge in [0.1, 0.15) is 5.82 Å². The Kier molecular flexibility index (Phi) is 4.99. The summed E-state index contributed by atoms with van der Waals surface area (Å²) in [5.41, 5.74) is 2.89. The van der Waals surface area contributed by atoms with Crippen molar-refractivity contribution in [2.24, 2.45) is 0 Å². The van der Waals surface area contributed by atoms with Crippen molar-refractivity contribution in [3.63, 3.8) is 0 Å². The predicted molar refractivity (Wildman–Crippen MR) is 97.4 cm³/mol. The normalized spacial score (nSPS) is 10.7. The molecule has 0 saturated carbocycles. The standard InChI is InChI=1S/C19H16BrFN2O2/c1-3-25-19(24)17-12(2)18(13-7-6-8-14(21)11-13)23(22-17)16-10-5-4-9-15(16)20/h4-11H,3H2,1-2H3. The van der Waals surface area contributed by atoms with Gasteiger partial charge in [-0.25, -0.2) is 13.9 Å². The van der Waals surface area contributed by atoms with Crippen LogP contribution in [0.5, 0.6) is 0 Å². The molecule has 3 aromatic rings. The number of carbonyl (C=O) groups excluding carboxylic acids is 1. The number of para-hydroxylation sites is 1. The number of benzene rings is 2. The molecule has 1 heterocycles. The molecule has 0 aliphatic carbocycles. The van der Waals surface area contributed by atoms with Gasteiger partial charge in [-0.3, -0.25) is 0 Å². The van der Waals surface area contributed by atoms with Gasteiger partial charge in [-0.15, -0.1) is 0 Å². The van der Waals surface area contributed by atoms with Crippen LogP contribution in [0.1, 0.15) is 23.0 Å². The maximum Gasteiger partial charge on any atom is 0.359 e. The van der Waals surface area contributed by atoms with Crippen molar-refractivity contribution in [3.05, 3.63) is 70.1 Å². The van der Waals surface area contributed by atoms with Crippen molar-refractivity contribution in [2.75, 3.05) is 6.61 Å². The van der Waals surface area contributed by atoms with Crippen molar-refractivity contribution in [3.8, 4) is 16.9 Å². The van der Waals surface area contributed by atoms with Gasteiger partial charge >= 0.3 is 5.97 Å². The molecule has 0 N–H and O–H groups in total. The molecule has 0 atom stereocenters. The SMILES string of the molecule is CCOC(=O)c1nn(-c2ccccc2Br)c(-c2cccc(F)c2)c1C. The highest BCUT2D eigenvalue weighted by Crippen LogP contribution is 2.32. The molecule has 0 radical (unpaired) electrons. The highest BCUT2D eigenvalue weighted by atomic mass is 79.9. The first kappa shape index (κ1) is 17.4. The maximum atomic E-state index is 13.8. The van der Waals surface area contributed by atoms with Crippen molar-refractivity contribution < 1.29 is 13.9 Å². The van der Waals surface area contributed by atoms with E-state index in [2.05, 4.69) is 21.0 Å². The van der Waals surface area contributed by atoms with Gasteiger partial charge in [-0.05, 0) is 54.0 Å². The van der Waals surface area contributed by atoms with E-state index in [1.54, 1.807) is 30.7 Å². The number of rotatable bonds is 4. The van der Waals surface area contributed by atoms with Gasteiger partial charge < -0.3 is 4.74 Å². The topological polar surface area (TPSA) is 44.1 Å². The second kappa shape index (κ2) is 7.19. The molecule has 0 aliphatic rings. The third-order valence-electron chi connectivity index (χ3n) is 3.77. The second-order valence-electron chi connectivity index (χ2n) is 5.42. The van der Waals surface area contributed by atoms with E-state index in [1.807, 2.05) is 24.3 Å². The van der Waals surface area contributed by atoms with Crippen molar-refractivity contribution in [2.45, 2.75) is 13.8 Å². The molecule has 3 rings (SSSR count). The fraction of sp³-hybridized carbons (Fsp3) is 0.158. The average Bonchev–Trinajstić information content (AvgIpc) is 2.93. The smallest absolute Gasteiger partial charge is 0.359 e. The number of ether oxygens (including phenoxy) is 1. The number of aromatic nitrogens is 2. The van der Waals surface area contributed by atoms with Crippen LogP contribution in [-0.2, 0) is 4.74 Å². The zero-order valence-corrected chi connectivity index (χ0v) is 15.4. The van der Waals surface area contributed by atoms with E-state index >= 15 is 0 Å². The average molecular weight is 403 g/mol. The zero-order valence-electron chi connectivity index (χ0n) is 13.8. The van der Waals surface area contributed by atoms with Crippen molar-refractivity contribution in [1.29, 1.82) is 0 Å². The monoisotopic (exact) mass is 402 g/mol. The van der Waals surface area contributed by atoms with Crippen LogP contribution in [0.4, 0.5) is 4.39 Å². The van der Waals surface area contributed by atoms with E-state index in [-0.39, 0.29) is 18.1 Å². The number of halogens is 2. The maximum absolute atomic E-state index is 13.8. The molecule has 128 valence electrons. The molecular weight excluding hydrogens is 387 g/mol. The molecule has 6 heteroatoms. The Morgan fingerprint density at radius 1 is 1.24 bits per heavy atom. The van der Waals surface area contributed by atoms with Crippen molar-refractivity contribution in [1.82, 2.24) is 9.78 Å². The van der Waals surface area contributed by atoms with Crippen LogP contribution in [0.3, 0.4) is 0 Å². The molecule has 25 heavy (non-hydrogen) atoms. The van der Waals surface area contributed by atoms with Gasteiger partial charge in [-0.2, -0.15) is 5.10 Å². The molecule has 1 aromatic heterocycles. The van der Waals surface area contributed by atoms with E-state index in [9.17, 15) is 9.18 Å². The lowest BCUT2D eigenvalue weighted by Gasteiger charge is -2.10. The van der Waals surface area contributed by atoms with Gasteiger partial charge in [0.15, 0.2) is 5.69 Å². The van der Waals surface area contributed by atoms with E-state index < -0.39 is 5.97 Å². The largest absolute Gasteiger partial charge is 0.461 e. The minimum absolute atomic E-state index is 0.219. The lowest BCUT2D eigenvalue weighted by atomic mass is 10.1. The Morgan fingerprint density at radius 2 is 2.00 bits per heavy atom. The molecule has 0 unspecified atom stereocenters. The Bertz CT molecular complexity index is 937. The molecule has 2 aromatic carbocycles. The lowest BCUT2D eigenvalue weighted by Crippen LogP contribution is -2.08. The highest BCUT2D eigenvalue weighted by Gasteiger charge is 2.23. The summed E-state index contributed by atoms with van der Waals surface area (Å²) in [6.45, 7) is 3.79. The molecule has 0 saturated heterocycles. The first-order chi connectivity index (χ1) is 12.0. The summed E-state index contributed by atoms with van der Waals surface area (Å²) in [7, 11) is 0. The Balaban J connectivity index is 2.28. The van der Waals surface area contributed by atoms with Crippen molar-refractivity contribution >= 4 is 21.9 Å². The minimum Gasteiger partial charge on any atom is -0.461 e. The second-order valence-corrected chi connectivity index (χ2v) is 6.27. The van der Waals surface area contributed by atoms with Gasteiger partial charge in [0.25, 0.3) is 0 Å². The van der Waals surface area contributed by atoms with E-state index in [1.165, 1.54) is 12.1 Å². The summed E-state index contributed by atoms with van der Waals surface area (Å²) in [6.07, 6.45) is 0. The third-order valence-corrected chi connectivity index (χ3v) is 4.44. The van der Waals surface area contributed by atoms with E-state index in [4.69, 9.17) is 4.74 Å². The first-order valence-corrected chi connectivity index (χ1v) is 8.59. The van der Waals surface area contributed by atoms with Gasteiger partial charge in [0.2, 0.25) is 0 Å². The molecular formula is C19H16BrFN2O2. The van der Waals surface area contributed by atoms with Crippen LogP contribution >= 0.6 is 15.9 Å². The highest BCUT2D eigenvalue weighted by molar-refractivity contribution is 9.10. The molecule has 4 nitrogen and oxygen atoms in total. The summed E-state index contributed by atoms with van der Waals surface area (Å²) in [6, 6.07) is 13.7. The molecule has 0 aliphatic heterocycles. The zero-order chi connectivity index (χ0) is 18.0. The number of hydrogen-bond acceptors (Lipinski definition) is 3. The lowest BCUT2D eigenvalue weighted by molar-refractivity contribution is 0.0518. The Hall–Kier alpha value is -2.47. The Labute approximate surface area is 153 Å². The quantitative estimate of drug-likeness (QED) is 0.581. The Morgan fingerprint density at radius 3 is 2.68 bits per heavy atom. The minimum atomic E-state index is -0.497. The van der Waals surface area contributed by atoms with Gasteiger partial charge in [-0.1, -0.05) is 24.3 Å². The number of nitrogens with zero attached hydrogens (tertiary/aromatic N) is 2. The third kappa shape index (κ3) is 3.35. The molecule has 0 bridgehead atoms. The molecule has 0 amide bonds. The summed E-state index contributed by atoms with van der Waals surface area (Å²) in [5.74, 6) is -0.849. The van der Waals surface area contributed by atoms with Crippen LogP contribution in [0, 0.1) is 12.7 Å². The van der Waals surface area contributed by atoms with Crippen LogP contribution in [-0.4, -0.2) is 22.4 Å². The van der Waals surface area contributed by atoms with Crippen LogP contribution in [0.15, 0.2) is 53.0 Å². The fourth-order valence-corrected chi connectivity index (χ4v) is 3.11. The number of esters is 1. The molecule has 0 fully saturated rings. The van der Waals surface area contributed by atoms with Gasteiger partial charge in [0.05, 0.1) is 18.0 Å². The number of hydrogen-bond donors (Lipinski definition) is 0. The fourth-order valence-electron chi connectivity index (χ4n) is 2.66. The van der Waals surface area contributed by atoms with E-state index in [0.29, 0.717) is 16.8 Å². The summed E-state index contributed by atoms with van der Waals surface area (Å²) in [5, 5.41) is 4.46. The summed E-state index contributed by atoms with van der Waals surface area (Å²) < 4.78 is 21.3. The van der Waals surface area contributed by atoms with Crippen LogP contribution < -0.4 is 0 Å². The summed E-state index contributed by atoms with van der Waals surface area (Å²) in [4.78, 5) is 12.3. The molecule has 0 spiro atoms. The van der Waals surface area contributed by atoms with Gasteiger partial charge in [0, 0.05) is 15.6 Å².